The molecule has 4 heteroatoms. The van der Waals surface area contributed by atoms with Crippen LogP contribution in [-0.2, 0) is 14.3 Å². The van der Waals surface area contributed by atoms with Crippen LogP contribution in [0.5, 0.6) is 0 Å². The Balaban J connectivity index is 4.05. The van der Waals surface area contributed by atoms with Crippen LogP contribution in [0.2, 0.25) is 0 Å². The molecule has 0 aliphatic heterocycles. The molecule has 0 N–H and O–H groups in total. The molecule has 0 aliphatic rings. The van der Waals surface area contributed by atoms with Crippen molar-refractivity contribution >= 4 is 11.9 Å². The molecule has 0 fully saturated rings. The molecule has 0 heterocycles. The Kier molecular flexibility index (Phi) is 61.1. The largest absolute Gasteiger partial charge is 0.466 e. The van der Waals surface area contributed by atoms with Crippen LogP contribution in [0.1, 0.15) is 387 Å². The zero-order valence-electron chi connectivity index (χ0n) is 50.1. The lowest BCUT2D eigenvalue weighted by Gasteiger charge is -2.27. The van der Waals surface area contributed by atoms with E-state index >= 15 is 0 Å². The smallest absolute Gasteiger partial charge is 0.306 e. The van der Waals surface area contributed by atoms with E-state index in [4.69, 9.17) is 4.74 Å². The van der Waals surface area contributed by atoms with Crippen molar-refractivity contribution in [3.05, 3.63) is 12.2 Å². The van der Waals surface area contributed by atoms with Gasteiger partial charge in [-0.25, -0.2) is 0 Å². The van der Waals surface area contributed by atoms with Crippen LogP contribution in [0.4, 0.5) is 0 Å². The first-order chi connectivity index (χ1) is 35.6. The lowest BCUT2D eigenvalue weighted by Crippen LogP contribution is -2.38. The standard InChI is InChI=1S/C68H133NO3/c1-5-9-13-17-21-22-23-24-25-26-27-28-29-30-31-32-33-34-35-36-37-38-39-40-41-42-43-44-45-46-47-48-49-50-51-52-53-57-61-66(65-67(70)72-64-60-56-20-16-12-8-4)68(71)69(62-58-54-18-14-10-6-2)63-59-55-19-15-11-7-3/h35-36,66H,5-34,37-65H2,1-4H3/b36-35+. The molecular weight excluding hydrogens is 879 g/mol. The Hall–Kier alpha value is -1.32. The van der Waals surface area contributed by atoms with E-state index < -0.39 is 0 Å². The van der Waals surface area contributed by atoms with E-state index in [-0.39, 0.29) is 24.2 Å². The number of rotatable bonds is 62. The fourth-order valence-corrected chi connectivity index (χ4v) is 10.9. The van der Waals surface area contributed by atoms with Crippen molar-refractivity contribution in [3.63, 3.8) is 0 Å². The maximum atomic E-state index is 14.2. The van der Waals surface area contributed by atoms with Crippen LogP contribution in [0, 0.1) is 5.92 Å². The summed E-state index contributed by atoms with van der Waals surface area (Å²) in [5, 5.41) is 0. The first-order valence-corrected chi connectivity index (χ1v) is 33.7. The number of esters is 1. The van der Waals surface area contributed by atoms with Crippen molar-refractivity contribution in [2.75, 3.05) is 19.7 Å². The Labute approximate surface area is 454 Å². The topological polar surface area (TPSA) is 46.6 Å². The first-order valence-electron chi connectivity index (χ1n) is 33.7. The summed E-state index contributed by atoms with van der Waals surface area (Å²) in [7, 11) is 0. The highest BCUT2D eigenvalue weighted by Crippen LogP contribution is 2.22. The minimum absolute atomic E-state index is 0.157. The minimum Gasteiger partial charge on any atom is -0.466 e. The van der Waals surface area contributed by atoms with E-state index in [0.29, 0.717) is 6.61 Å². The van der Waals surface area contributed by atoms with Gasteiger partial charge in [0.15, 0.2) is 0 Å². The molecular formula is C68H133NO3. The van der Waals surface area contributed by atoms with Crippen LogP contribution in [-0.4, -0.2) is 36.5 Å². The third-order valence-corrected chi connectivity index (χ3v) is 16.0. The molecule has 1 atom stereocenters. The third-order valence-electron chi connectivity index (χ3n) is 16.0. The Morgan fingerprint density at radius 1 is 0.319 bits per heavy atom. The zero-order chi connectivity index (χ0) is 52.2. The quantitative estimate of drug-likeness (QED) is 0.0346. The number of carbonyl (C=O) groups excluding carboxylic acids is 2. The van der Waals surface area contributed by atoms with Gasteiger partial charge >= 0.3 is 5.97 Å². The van der Waals surface area contributed by atoms with Gasteiger partial charge in [-0.15, -0.1) is 0 Å². The Morgan fingerprint density at radius 3 is 0.875 bits per heavy atom. The third kappa shape index (κ3) is 54.9. The average molecular weight is 1010 g/mol. The monoisotopic (exact) mass is 1010 g/mol. The van der Waals surface area contributed by atoms with E-state index in [0.717, 1.165) is 51.6 Å². The molecule has 0 aromatic heterocycles. The number of unbranched alkanes of at least 4 members (excludes halogenated alkanes) is 49. The number of hydrogen-bond donors (Lipinski definition) is 0. The van der Waals surface area contributed by atoms with Gasteiger partial charge in [-0.3, -0.25) is 9.59 Å². The molecule has 0 aliphatic carbocycles. The first kappa shape index (κ1) is 70.7. The Morgan fingerprint density at radius 2 is 0.569 bits per heavy atom. The lowest BCUT2D eigenvalue weighted by molar-refractivity contribution is -0.149. The van der Waals surface area contributed by atoms with E-state index in [1.807, 2.05) is 0 Å². The number of ether oxygens (including phenoxy) is 1. The van der Waals surface area contributed by atoms with Crippen molar-refractivity contribution in [2.45, 2.75) is 387 Å². The van der Waals surface area contributed by atoms with Crippen molar-refractivity contribution < 1.29 is 14.3 Å². The van der Waals surface area contributed by atoms with E-state index in [9.17, 15) is 9.59 Å². The van der Waals surface area contributed by atoms with Crippen molar-refractivity contribution in [2.24, 2.45) is 5.92 Å². The highest BCUT2D eigenvalue weighted by atomic mass is 16.5. The SMILES string of the molecule is CCCCCCCCCCCCCCCCCCC/C=C/CCCCCCCCCCCCCCCCCCCC(CC(=O)OCCCCCCCC)C(=O)N(CCCCCCCC)CCCCCCCC. The molecule has 0 aromatic carbocycles. The summed E-state index contributed by atoms with van der Waals surface area (Å²) in [6, 6.07) is 0. The van der Waals surface area contributed by atoms with Crippen LogP contribution in [0.25, 0.3) is 0 Å². The summed E-state index contributed by atoms with van der Waals surface area (Å²) >= 11 is 0. The molecule has 72 heavy (non-hydrogen) atoms. The molecule has 0 rings (SSSR count). The summed E-state index contributed by atoms with van der Waals surface area (Å²) in [5.41, 5.74) is 0. The maximum absolute atomic E-state index is 14.2. The van der Waals surface area contributed by atoms with Crippen LogP contribution in [0.3, 0.4) is 0 Å². The van der Waals surface area contributed by atoms with Gasteiger partial charge in [-0.2, -0.15) is 0 Å². The van der Waals surface area contributed by atoms with Gasteiger partial charge in [-0.1, -0.05) is 342 Å². The maximum Gasteiger partial charge on any atom is 0.306 e. The van der Waals surface area contributed by atoms with Crippen LogP contribution < -0.4 is 0 Å². The molecule has 428 valence electrons. The van der Waals surface area contributed by atoms with Gasteiger partial charge in [0.05, 0.1) is 13.0 Å². The number of carbonyl (C=O) groups is 2. The van der Waals surface area contributed by atoms with Gasteiger partial charge in [0.25, 0.3) is 0 Å². The molecule has 1 amide bonds. The van der Waals surface area contributed by atoms with Gasteiger partial charge in [0.2, 0.25) is 5.91 Å². The summed E-state index contributed by atoms with van der Waals surface area (Å²) in [6.45, 7) is 11.3. The highest BCUT2D eigenvalue weighted by molar-refractivity contribution is 5.83. The zero-order valence-corrected chi connectivity index (χ0v) is 50.1. The summed E-state index contributed by atoms with van der Waals surface area (Å²) in [5.74, 6) is -0.156. The van der Waals surface area contributed by atoms with Gasteiger partial charge in [0.1, 0.15) is 0 Å². The van der Waals surface area contributed by atoms with Gasteiger partial charge in [0, 0.05) is 19.0 Å². The van der Waals surface area contributed by atoms with Crippen LogP contribution >= 0.6 is 0 Å². The van der Waals surface area contributed by atoms with Crippen molar-refractivity contribution in [1.29, 1.82) is 0 Å². The number of hydrogen-bond acceptors (Lipinski definition) is 3. The molecule has 0 saturated carbocycles. The fourth-order valence-electron chi connectivity index (χ4n) is 10.9. The second-order valence-corrected chi connectivity index (χ2v) is 23.3. The van der Waals surface area contributed by atoms with Crippen LogP contribution in [0.15, 0.2) is 12.2 Å². The summed E-state index contributed by atoms with van der Waals surface area (Å²) in [4.78, 5) is 29.5. The summed E-state index contributed by atoms with van der Waals surface area (Å²) < 4.78 is 5.75. The number of allylic oxidation sites excluding steroid dienone is 2. The normalized spacial score (nSPS) is 12.1. The van der Waals surface area contributed by atoms with Gasteiger partial charge in [-0.05, 0) is 51.4 Å². The van der Waals surface area contributed by atoms with Crippen molar-refractivity contribution in [3.8, 4) is 0 Å². The van der Waals surface area contributed by atoms with Crippen molar-refractivity contribution in [1.82, 2.24) is 4.90 Å². The second-order valence-electron chi connectivity index (χ2n) is 23.3. The molecule has 0 spiro atoms. The molecule has 0 saturated heterocycles. The second kappa shape index (κ2) is 62.2. The fraction of sp³-hybridized carbons (Fsp3) is 0.941. The Bertz CT molecular complexity index is 1060. The minimum atomic E-state index is -0.229. The van der Waals surface area contributed by atoms with E-state index in [1.54, 1.807) is 0 Å². The average Bonchev–Trinajstić information content (AvgIpc) is 3.38. The molecule has 0 aromatic rings. The predicted molar refractivity (Wildman–Crippen MR) is 321 cm³/mol. The van der Waals surface area contributed by atoms with E-state index in [2.05, 4.69) is 44.7 Å². The molecule has 0 bridgehead atoms. The predicted octanol–water partition coefficient (Wildman–Crippen LogP) is 23.5. The highest BCUT2D eigenvalue weighted by Gasteiger charge is 2.27. The number of nitrogens with zero attached hydrogens (tertiary/aromatic N) is 1. The molecule has 4 nitrogen and oxygen atoms in total. The van der Waals surface area contributed by atoms with E-state index in [1.165, 1.54) is 315 Å². The molecule has 0 radical (unpaired) electrons. The van der Waals surface area contributed by atoms with Gasteiger partial charge < -0.3 is 9.64 Å². The number of amides is 1. The molecule has 1 unspecified atom stereocenters. The summed E-state index contributed by atoms with van der Waals surface area (Å²) in [6.07, 6.45) is 78.3. The lowest BCUT2D eigenvalue weighted by atomic mass is 9.95.